The smallest absolute Gasteiger partial charge is 0.0564 e. The Balaban J connectivity index is 2.88. The quantitative estimate of drug-likeness (QED) is 0.374. The van der Waals surface area contributed by atoms with Crippen LogP contribution in [0.1, 0.15) is 12.5 Å². The summed E-state index contributed by atoms with van der Waals surface area (Å²) in [5.74, 6) is 5.59. The molecule has 0 unspecified atom stereocenters. The number of hydrazine groups is 1. The van der Waals surface area contributed by atoms with Crippen molar-refractivity contribution in [3.05, 3.63) is 36.0 Å². The van der Waals surface area contributed by atoms with Gasteiger partial charge in [0, 0.05) is 24.0 Å². The van der Waals surface area contributed by atoms with E-state index in [1.54, 1.807) is 6.20 Å². The third-order valence-electron chi connectivity index (χ3n) is 1.89. The summed E-state index contributed by atoms with van der Waals surface area (Å²) in [6.07, 6.45) is 1.69. The molecule has 0 aliphatic carbocycles. The van der Waals surface area contributed by atoms with Crippen LogP contribution in [0.25, 0.3) is 5.70 Å². The summed E-state index contributed by atoms with van der Waals surface area (Å²) in [6.45, 7) is 2.66. The summed E-state index contributed by atoms with van der Waals surface area (Å²) in [6, 6.07) is 7.38. The number of nitrogen functional groups attached to an aromatic ring is 1. The maximum Gasteiger partial charge on any atom is 0.0564 e. The van der Waals surface area contributed by atoms with Crippen LogP contribution in [0, 0.1) is 0 Å². The van der Waals surface area contributed by atoms with E-state index in [4.69, 9.17) is 17.3 Å². The highest BCUT2D eigenvalue weighted by atomic mass is 15.4. The molecule has 1 aromatic carbocycles. The largest absolute Gasteiger partial charge is 0.399 e. The van der Waals surface area contributed by atoms with Crippen LogP contribution in [0.4, 0.5) is 5.69 Å². The summed E-state index contributed by atoms with van der Waals surface area (Å²) in [5, 5.41) is 1.53. The zero-order valence-corrected chi connectivity index (χ0v) is 8.27. The van der Waals surface area contributed by atoms with Gasteiger partial charge in [0.2, 0.25) is 0 Å². The number of hydrogen-bond acceptors (Lipinski definition) is 4. The number of benzene rings is 1. The average Bonchev–Trinajstić information content (AvgIpc) is 2.17. The van der Waals surface area contributed by atoms with E-state index in [1.165, 1.54) is 5.01 Å². The molecule has 0 saturated heterocycles. The van der Waals surface area contributed by atoms with E-state index < -0.39 is 0 Å². The van der Waals surface area contributed by atoms with Crippen LogP contribution in [0.15, 0.2) is 30.5 Å². The van der Waals surface area contributed by atoms with E-state index >= 15 is 0 Å². The van der Waals surface area contributed by atoms with Gasteiger partial charge in [0.05, 0.1) is 5.70 Å². The fourth-order valence-electron chi connectivity index (χ4n) is 1.06. The summed E-state index contributed by atoms with van der Waals surface area (Å²) < 4.78 is 0. The first-order valence-electron chi connectivity index (χ1n) is 4.48. The molecule has 76 valence electrons. The molecule has 1 rings (SSSR count). The molecular weight excluding hydrogens is 176 g/mol. The lowest BCUT2D eigenvalue weighted by atomic mass is 10.1. The number of hydrogen-bond donors (Lipinski definition) is 3. The van der Waals surface area contributed by atoms with E-state index in [0.717, 1.165) is 5.56 Å². The number of nitrogens with two attached hydrogens (primary N) is 3. The molecule has 6 N–H and O–H groups in total. The molecule has 0 bridgehead atoms. The molecule has 0 aromatic heterocycles. The Hall–Kier alpha value is -1.68. The Morgan fingerprint density at radius 1 is 1.50 bits per heavy atom. The predicted octanol–water partition coefficient (Wildman–Crippen LogP) is 0.721. The van der Waals surface area contributed by atoms with Gasteiger partial charge in [-0.05, 0) is 19.1 Å². The fourth-order valence-corrected chi connectivity index (χ4v) is 1.06. The molecule has 0 atom stereocenters. The lowest BCUT2D eigenvalue weighted by Crippen LogP contribution is -2.25. The van der Waals surface area contributed by atoms with Crippen LogP contribution >= 0.6 is 0 Å². The summed E-state index contributed by atoms with van der Waals surface area (Å²) in [4.78, 5) is 0. The van der Waals surface area contributed by atoms with Gasteiger partial charge < -0.3 is 16.5 Å². The highest BCUT2D eigenvalue weighted by Gasteiger charge is 1.97. The molecular formula is C10H16N4. The Kier molecular flexibility index (Phi) is 3.36. The molecule has 0 heterocycles. The zero-order chi connectivity index (χ0) is 10.6. The number of rotatable bonds is 3. The average molecular weight is 192 g/mol. The fraction of sp³-hybridized carbons (Fsp3) is 0.200. The third-order valence-corrected chi connectivity index (χ3v) is 1.89. The summed E-state index contributed by atoms with van der Waals surface area (Å²) in [7, 11) is 0. The normalized spacial score (nSPS) is 11.4. The Bertz CT molecular complexity index is 333. The van der Waals surface area contributed by atoms with Crippen molar-refractivity contribution in [3.8, 4) is 0 Å². The van der Waals surface area contributed by atoms with Gasteiger partial charge in [-0.25, -0.2) is 5.84 Å². The van der Waals surface area contributed by atoms with Crippen molar-refractivity contribution in [2.24, 2.45) is 11.6 Å². The van der Waals surface area contributed by atoms with Gasteiger partial charge in [0.25, 0.3) is 0 Å². The Morgan fingerprint density at radius 2 is 2.21 bits per heavy atom. The van der Waals surface area contributed by atoms with Crippen LogP contribution in [-0.2, 0) is 0 Å². The van der Waals surface area contributed by atoms with Crippen molar-refractivity contribution < 1.29 is 0 Å². The number of anilines is 1. The van der Waals surface area contributed by atoms with E-state index in [2.05, 4.69) is 0 Å². The van der Waals surface area contributed by atoms with Crippen molar-refractivity contribution in [2.45, 2.75) is 6.92 Å². The monoisotopic (exact) mass is 192 g/mol. The summed E-state index contributed by atoms with van der Waals surface area (Å²) >= 11 is 0. The third kappa shape index (κ3) is 2.67. The van der Waals surface area contributed by atoms with Crippen molar-refractivity contribution in [2.75, 3.05) is 12.3 Å². The minimum atomic E-state index is 0.613. The first-order chi connectivity index (χ1) is 6.63. The molecule has 1 aromatic rings. The van der Waals surface area contributed by atoms with E-state index in [0.29, 0.717) is 17.9 Å². The molecule has 14 heavy (non-hydrogen) atoms. The maximum atomic E-state index is 5.82. The van der Waals surface area contributed by atoms with Crippen molar-refractivity contribution in [1.82, 2.24) is 5.01 Å². The molecule has 4 nitrogen and oxygen atoms in total. The summed E-state index contributed by atoms with van der Waals surface area (Å²) in [5.41, 5.74) is 13.6. The van der Waals surface area contributed by atoms with E-state index in [-0.39, 0.29) is 0 Å². The van der Waals surface area contributed by atoms with Gasteiger partial charge >= 0.3 is 0 Å². The van der Waals surface area contributed by atoms with Gasteiger partial charge in [-0.1, -0.05) is 12.1 Å². The zero-order valence-electron chi connectivity index (χ0n) is 8.27. The lowest BCUT2D eigenvalue weighted by molar-refractivity contribution is 0.418. The van der Waals surface area contributed by atoms with Gasteiger partial charge in [-0.15, -0.1) is 0 Å². The highest BCUT2D eigenvalue weighted by Crippen LogP contribution is 2.12. The second-order valence-electron chi connectivity index (χ2n) is 3.04. The van der Waals surface area contributed by atoms with Gasteiger partial charge in [0.1, 0.15) is 0 Å². The molecule has 0 fully saturated rings. The van der Waals surface area contributed by atoms with Gasteiger partial charge in [-0.3, -0.25) is 0 Å². The molecule has 0 radical (unpaired) electrons. The van der Waals surface area contributed by atoms with Gasteiger partial charge in [0.15, 0.2) is 0 Å². The molecule has 4 heteroatoms. The Morgan fingerprint density at radius 3 is 2.79 bits per heavy atom. The van der Waals surface area contributed by atoms with E-state index in [9.17, 15) is 0 Å². The number of nitrogens with zero attached hydrogens (tertiary/aromatic N) is 1. The maximum absolute atomic E-state index is 5.82. The second kappa shape index (κ2) is 4.53. The molecule has 0 amide bonds. The molecule has 0 aliphatic heterocycles. The molecule has 0 aliphatic rings. The SMILES string of the molecule is CCN(N)/C=C(\N)c1cccc(N)c1. The topological polar surface area (TPSA) is 81.3 Å². The standard InChI is InChI=1S/C10H16N4/c1-2-14(13)7-10(12)8-4-3-5-9(11)6-8/h3-7H,2,11-13H2,1H3/b10-7-. The minimum absolute atomic E-state index is 0.613. The van der Waals surface area contributed by atoms with Crippen molar-refractivity contribution in [1.29, 1.82) is 0 Å². The first kappa shape index (κ1) is 10.4. The molecule has 0 spiro atoms. The van der Waals surface area contributed by atoms with Crippen LogP contribution in [0.5, 0.6) is 0 Å². The van der Waals surface area contributed by atoms with Gasteiger partial charge in [-0.2, -0.15) is 0 Å². The van der Waals surface area contributed by atoms with Crippen LogP contribution in [0.2, 0.25) is 0 Å². The Labute approximate surface area is 84.0 Å². The molecule has 0 saturated carbocycles. The van der Waals surface area contributed by atoms with E-state index in [1.807, 2.05) is 31.2 Å². The van der Waals surface area contributed by atoms with Crippen LogP contribution in [0.3, 0.4) is 0 Å². The highest BCUT2D eigenvalue weighted by molar-refractivity contribution is 5.65. The second-order valence-corrected chi connectivity index (χ2v) is 3.04. The minimum Gasteiger partial charge on any atom is -0.399 e. The van der Waals surface area contributed by atoms with Crippen molar-refractivity contribution >= 4 is 11.4 Å². The van der Waals surface area contributed by atoms with Crippen LogP contribution in [-0.4, -0.2) is 11.6 Å². The van der Waals surface area contributed by atoms with Crippen LogP contribution < -0.4 is 17.3 Å². The lowest BCUT2D eigenvalue weighted by Gasteiger charge is -2.12. The predicted molar refractivity (Wildman–Crippen MR) is 59.6 cm³/mol. The first-order valence-corrected chi connectivity index (χ1v) is 4.48. The van der Waals surface area contributed by atoms with Crippen molar-refractivity contribution in [3.63, 3.8) is 0 Å².